The number of benzene rings is 1. The first kappa shape index (κ1) is 21.1. The number of carbonyl (C=O) groups is 2. The van der Waals surface area contributed by atoms with Gasteiger partial charge in [-0.3, -0.25) is 9.59 Å². The van der Waals surface area contributed by atoms with Crippen LogP contribution in [-0.4, -0.2) is 48.1 Å². The number of fused-ring (bicyclic) bond motifs is 1. The molecule has 1 atom stereocenters. The molecule has 2 N–H and O–H groups in total. The fraction of sp³-hybridized carbons (Fsp3) is 0.579. The fourth-order valence-corrected chi connectivity index (χ4v) is 4.52. The first-order valence-electron chi connectivity index (χ1n) is 8.94. The lowest BCUT2D eigenvalue weighted by Gasteiger charge is -2.42. The molecule has 1 unspecified atom stereocenters. The first-order chi connectivity index (χ1) is 11.9. The number of thioether (sulfide) groups is 1. The number of hydrogen-bond donors (Lipinski definition) is 1. The Hall–Kier alpha value is -1.24. The Labute approximate surface area is 166 Å². The van der Waals surface area contributed by atoms with Crippen molar-refractivity contribution in [1.82, 2.24) is 4.90 Å². The number of rotatable bonds is 3. The number of nitrogens with two attached hydrogens (primary N) is 1. The van der Waals surface area contributed by atoms with Crippen molar-refractivity contribution in [3.05, 3.63) is 24.3 Å². The lowest BCUT2D eigenvalue weighted by molar-refractivity contribution is -0.136. The molecule has 0 radical (unpaired) electrons. The number of anilines is 1. The maximum atomic E-state index is 12.7. The van der Waals surface area contributed by atoms with E-state index >= 15 is 0 Å². The highest BCUT2D eigenvalue weighted by atomic mass is 35.5. The van der Waals surface area contributed by atoms with Gasteiger partial charge in [-0.25, -0.2) is 0 Å². The van der Waals surface area contributed by atoms with E-state index in [1.54, 1.807) is 11.8 Å². The van der Waals surface area contributed by atoms with Crippen LogP contribution in [0.15, 0.2) is 29.2 Å². The van der Waals surface area contributed by atoms with Gasteiger partial charge in [-0.05, 0) is 24.0 Å². The highest BCUT2D eigenvalue weighted by Crippen LogP contribution is 2.34. The van der Waals surface area contributed by atoms with E-state index in [1.165, 1.54) is 0 Å². The molecule has 1 aromatic carbocycles. The Morgan fingerprint density at radius 1 is 1.19 bits per heavy atom. The van der Waals surface area contributed by atoms with E-state index in [0.717, 1.165) is 22.8 Å². The van der Waals surface area contributed by atoms with Gasteiger partial charge < -0.3 is 15.5 Å². The van der Waals surface area contributed by atoms with E-state index in [1.807, 2.05) is 34.1 Å². The smallest absolute Gasteiger partial charge is 0.227 e. The molecular weight excluding hydrogens is 370 g/mol. The Morgan fingerprint density at radius 3 is 2.62 bits per heavy atom. The molecule has 2 aliphatic heterocycles. The van der Waals surface area contributed by atoms with Gasteiger partial charge in [-0.1, -0.05) is 26.0 Å². The molecule has 0 bridgehead atoms. The second-order valence-electron chi connectivity index (χ2n) is 7.56. The summed E-state index contributed by atoms with van der Waals surface area (Å²) in [6, 6.07) is 8.10. The van der Waals surface area contributed by atoms with Gasteiger partial charge >= 0.3 is 0 Å². The molecule has 2 aliphatic rings. The van der Waals surface area contributed by atoms with Crippen LogP contribution in [-0.2, 0) is 9.59 Å². The normalized spacial score (nSPS) is 21.6. The number of para-hydroxylation sites is 1. The summed E-state index contributed by atoms with van der Waals surface area (Å²) < 4.78 is 0. The number of likely N-dealkylation sites (tertiary alicyclic amines) is 1. The number of halogens is 1. The molecule has 0 spiro atoms. The van der Waals surface area contributed by atoms with Crippen LogP contribution in [0.1, 0.15) is 33.1 Å². The molecule has 2 amide bonds. The van der Waals surface area contributed by atoms with Gasteiger partial charge in [0.25, 0.3) is 0 Å². The summed E-state index contributed by atoms with van der Waals surface area (Å²) in [5.41, 5.74) is 7.04. The van der Waals surface area contributed by atoms with Gasteiger partial charge in [0.2, 0.25) is 11.8 Å². The molecule has 26 heavy (non-hydrogen) atoms. The number of nitrogens with zero attached hydrogens (tertiary/aromatic N) is 2. The molecule has 2 heterocycles. The Balaban J connectivity index is 0.00000243. The molecule has 1 saturated heterocycles. The molecule has 0 aromatic heterocycles. The van der Waals surface area contributed by atoms with Crippen molar-refractivity contribution in [2.75, 3.05) is 30.3 Å². The van der Waals surface area contributed by atoms with Crippen LogP contribution in [0.5, 0.6) is 0 Å². The Bertz CT molecular complexity index is 668. The van der Waals surface area contributed by atoms with Gasteiger partial charge in [-0.2, -0.15) is 0 Å². The van der Waals surface area contributed by atoms with Gasteiger partial charge in [0.1, 0.15) is 0 Å². The quantitative estimate of drug-likeness (QED) is 0.851. The minimum atomic E-state index is -0.0685. The average molecular weight is 398 g/mol. The number of hydrogen-bond acceptors (Lipinski definition) is 4. The molecule has 3 rings (SSSR count). The zero-order valence-corrected chi connectivity index (χ0v) is 17.1. The molecule has 0 saturated carbocycles. The summed E-state index contributed by atoms with van der Waals surface area (Å²) in [7, 11) is 0. The molecule has 1 aromatic rings. The second-order valence-corrected chi connectivity index (χ2v) is 8.70. The minimum Gasteiger partial charge on any atom is -0.342 e. The third kappa shape index (κ3) is 4.53. The standard InChI is InChI=1S/C19H27N3O2S.ClH/c1-19(2)13-21(10-9-16(19)20)17(23)7-8-18(24)22-11-12-25-15-6-4-3-5-14(15)22;/h3-6,16H,7-13,20H2,1-2H3;1H. The van der Waals surface area contributed by atoms with Crippen LogP contribution in [0.4, 0.5) is 5.69 Å². The monoisotopic (exact) mass is 397 g/mol. The molecule has 7 heteroatoms. The van der Waals surface area contributed by atoms with E-state index in [0.29, 0.717) is 19.6 Å². The minimum absolute atomic E-state index is 0. The Kier molecular flexibility index (Phi) is 6.99. The molecular formula is C19H28ClN3O2S. The maximum absolute atomic E-state index is 12.7. The van der Waals surface area contributed by atoms with Gasteiger partial charge in [0.15, 0.2) is 0 Å². The molecule has 144 valence electrons. The highest BCUT2D eigenvalue weighted by Gasteiger charge is 2.35. The lowest BCUT2D eigenvalue weighted by atomic mass is 9.79. The largest absolute Gasteiger partial charge is 0.342 e. The van der Waals surface area contributed by atoms with E-state index < -0.39 is 0 Å². The summed E-state index contributed by atoms with van der Waals surface area (Å²) in [5, 5.41) is 0. The molecule has 0 aliphatic carbocycles. The zero-order chi connectivity index (χ0) is 18.0. The highest BCUT2D eigenvalue weighted by molar-refractivity contribution is 7.99. The van der Waals surface area contributed by atoms with E-state index in [2.05, 4.69) is 13.8 Å². The van der Waals surface area contributed by atoms with E-state index in [-0.39, 0.29) is 48.5 Å². The van der Waals surface area contributed by atoms with Crippen LogP contribution in [0.3, 0.4) is 0 Å². The van der Waals surface area contributed by atoms with E-state index in [9.17, 15) is 9.59 Å². The molecule has 1 fully saturated rings. The molecule has 5 nitrogen and oxygen atoms in total. The summed E-state index contributed by atoms with van der Waals surface area (Å²) in [6.07, 6.45) is 1.36. The van der Waals surface area contributed by atoms with Crippen molar-refractivity contribution in [1.29, 1.82) is 0 Å². The van der Waals surface area contributed by atoms with Crippen molar-refractivity contribution >= 4 is 41.7 Å². The van der Waals surface area contributed by atoms with Gasteiger partial charge in [0.05, 0.1) is 5.69 Å². The Morgan fingerprint density at radius 2 is 1.88 bits per heavy atom. The average Bonchev–Trinajstić information content (AvgIpc) is 2.61. The van der Waals surface area contributed by atoms with Crippen LogP contribution < -0.4 is 10.6 Å². The summed E-state index contributed by atoms with van der Waals surface area (Å²) >= 11 is 1.78. The fourth-order valence-electron chi connectivity index (χ4n) is 3.52. The van der Waals surface area contributed by atoms with Crippen molar-refractivity contribution in [2.45, 2.75) is 44.0 Å². The van der Waals surface area contributed by atoms with Crippen molar-refractivity contribution in [3.63, 3.8) is 0 Å². The number of carbonyl (C=O) groups excluding carboxylic acids is 2. The number of piperidine rings is 1. The second kappa shape index (κ2) is 8.63. The SMILES string of the molecule is CC1(C)CN(C(=O)CCC(=O)N2CCSc3ccccc32)CCC1N.Cl. The third-order valence-corrected chi connectivity index (χ3v) is 6.29. The van der Waals surface area contributed by atoms with Crippen molar-refractivity contribution < 1.29 is 9.59 Å². The predicted octanol–water partition coefficient (Wildman–Crippen LogP) is 2.91. The predicted molar refractivity (Wildman–Crippen MR) is 109 cm³/mol. The van der Waals surface area contributed by atoms with Crippen molar-refractivity contribution in [3.8, 4) is 0 Å². The van der Waals surface area contributed by atoms with Crippen LogP contribution >= 0.6 is 24.2 Å². The summed E-state index contributed by atoms with van der Waals surface area (Å²) in [6.45, 7) is 6.28. The van der Waals surface area contributed by atoms with E-state index in [4.69, 9.17) is 5.73 Å². The van der Waals surface area contributed by atoms with Crippen molar-refractivity contribution in [2.24, 2.45) is 11.1 Å². The third-order valence-electron chi connectivity index (χ3n) is 5.25. The van der Waals surface area contributed by atoms with Gasteiger partial charge in [0, 0.05) is 49.2 Å². The lowest BCUT2D eigenvalue weighted by Crippen LogP contribution is -2.54. The first-order valence-corrected chi connectivity index (χ1v) is 9.92. The summed E-state index contributed by atoms with van der Waals surface area (Å²) in [4.78, 5) is 30.0. The maximum Gasteiger partial charge on any atom is 0.227 e. The van der Waals surface area contributed by atoms with Crippen LogP contribution in [0.25, 0.3) is 0 Å². The van der Waals surface area contributed by atoms with Crippen LogP contribution in [0, 0.1) is 5.41 Å². The van der Waals surface area contributed by atoms with Gasteiger partial charge in [-0.15, -0.1) is 24.2 Å². The number of amides is 2. The topological polar surface area (TPSA) is 66.6 Å². The summed E-state index contributed by atoms with van der Waals surface area (Å²) in [5.74, 6) is 0.997. The van der Waals surface area contributed by atoms with Crippen LogP contribution in [0.2, 0.25) is 0 Å². The zero-order valence-electron chi connectivity index (χ0n) is 15.4.